The van der Waals surface area contributed by atoms with E-state index < -0.39 is 60.8 Å². The summed E-state index contributed by atoms with van der Waals surface area (Å²) in [6.45, 7) is 0.107. The first-order chi connectivity index (χ1) is 22.6. The molecule has 0 amide bonds. The third-order valence-corrected chi connectivity index (χ3v) is 8.55. The van der Waals surface area contributed by atoms with E-state index in [0.29, 0.717) is 35.7 Å². The van der Waals surface area contributed by atoms with Gasteiger partial charge in [-0.3, -0.25) is 0 Å². The van der Waals surface area contributed by atoms with Gasteiger partial charge in [0.25, 0.3) is 0 Å². The number of aliphatic hydroxyl groups is 4. The minimum atomic E-state index is -1.19. The van der Waals surface area contributed by atoms with E-state index in [1.54, 1.807) is 46.0 Å². The minimum Gasteiger partial charge on any atom is -0.457 e. The Balaban J connectivity index is 1.00. The van der Waals surface area contributed by atoms with E-state index in [-0.39, 0.29) is 13.2 Å². The van der Waals surface area contributed by atoms with Crippen LogP contribution in [0.2, 0.25) is 0 Å². The van der Waals surface area contributed by atoms with Gasteiger partial charge < -0.3 is 57.6 Å². The molecule has 0 saturated heterocycles. The first-order valence-corrected chi connectivity index (χ1v) is 15.3. The van der Waals surface area contributed by atoms with Gasteiger partial charge in [0.1, 0.15) is 47.3 Å². The Morgan fingerprint density at radius 2 is 0.957 bits per heavy atom. The number of benzene rings is 2. The average molecular weight is 653 g/mol. The van der Waals surface area contributed by atoms with Crippen molar-refractivity contribution in [2.45, 2.75) is 86.8 Å². The summed E-state index contributed by atoms with van der Waals surface area (Å²) in [7, 11) is 0. The molecule has 0 radical (unpaired) electrons. The average Bonchev–Trinajstić information content (AvgIpc) is 3.74. The maximum atomic E-state index is 10.3. The van der Waals surface area contributed by atoms with E-state index in [9.17, 15) is 20.4 Å². The molecule has 0 spiro atoms. The fraction of sp³-hybridized carbons (Fsp3) is 0.467. The largest absolute Gasteiger partial charge is 0.457 e. The second kappa shape index (κ2) is 14.1. The van der Waals surface area contributed by atoms with Crippen molar-refractivity contribution < 1.29 is 34.6 Å². The van der Waals surface area contributed by atoms with Crippen LogP contribution in [-0.4, -0.2) is 111 Å². The number of rotatable bonds is 10. The summed E-state index contributed by atoms with van der Waals surface area (Å²) in [5.41, 5.74) is 26.3. The predicted octanol–water partition coefficient (Wildman–Crippen LogP) is -2.03. The zero-order valence-corrected chi connectivity index (χ0v) is 25.4. The molecule has 2 aromatic carbocycles. The Hall–Kier alpha value is -3.88. The quantitative estimate of drug-likeness (QED) is 0.0917. The molecule has 2 fully saturated rings. The van der Waals surface area contributed by atoms with Crippen molar-refractivity contribution in [3.63, 3.8) is 0 Å². The van der Waals surface area contributed by atoms with Crippen molar-refractivity contribution >= 4 is 0 Å². The molecule has 17 heteroatoms. The Labute approximate surface area is 269 Å². The molecule has 4 aromatic rings. The fourth-order valence-corrected chi connectivity index (χ4v) is 5.84. The lowest BCUT2D eigenvalue weighted by Gasteiger charge is -2.39. The zero-order valence-electron chi connectivity index (χ0n) is 25.4. The van der Waals surface area contributed by atoms with Crippen LogP contribution in [0, 0.1) is 0 Å². The summed E-state index contributed by atoms with van der Waals surface area (Å²) in [5, 5.41) is 57.3. The predicted molar refractivity (Wildman–Crippen MR) is 165 cm³/mol. The van der Waals surface area contributed by atoms with E-state index >= 15 is 0 Å². The van der Waals surface area contributed by atoms with Gasteiger partial charge >= 0.3 is 0 Å². The van der Waals surface area contributed by atoms with Gasteiger partial charge in [-0.1, -0.05) is 10.4 Å². The molecule has 47 heavy (non-hydrogen) atoms. The van der Waals surface area contributed by atoms with Crippen molar-refractivity contribution in [1.82, 2.24) is 30.0 Å². The summed E-state index contributed by atoms with van der Waals surface area (Å²) in [6, 6.07) is 12.3. The molecule has 2 aliphatic carbocycles. The summed E-state index contributed by atoms with van der Waals surface area (Å²) in [6.07, 6.45) is -2.06. The van der Waals surface area contributed by atoms with Gasteiger partial charge in [0.15, 0.2) is 0 Å². The van der Waals surface area contributed by atoms with Crippen LogP contribution >= 0.6 is 0 Å². The highest BCUT2D eigenvalue weighted by atomic mass is 16.5. The normalized spacial score (nSPS) is 31.1. The lowest BCUT2D eigenvalue weighted by molar-refractivity contribution is -0.132. The van der Waals surface area contributed by atoms with Crippen LogP contribution in [-0.2, 0) is 22.7 Å². The molecule has 2 aromatic heterocycles. The number of aliphatic hydroxyl groups excluding tert-OH is 4. The molecule has 252 valence electrons. The van der Waals surface area contributed by atoms with E-state index in [2.05, 4.69) is 20.6 Å². The maximum Gasteiger partial charge on any atom is 0.127 e. The highest BCUT2D eigenvalue weighted by Crippen LogP contribution is 2.26. The van der Waals surface area contributed by atoms with Crippen molar-refractivity contribution in [3.05, 3.63) is 72.3 Å². The monoisotopic (exact) mass is 652 g/mol. The standard InChI is InChI=1S/C30H40N10O7/c31-21-9-23(33)29(27(43)25(21)41)45-13-15-11-39(37-35-15)17-1-5-19(6-2-17)47-20-7-3-18(4-8-20)40-12-16(36-38-40)14-46-30-24(34)10-22(32)26(42)28(30)44/h1-8,11-12,21-30,41-44H,9-10,13-14,31-34H2/t21-,22-,23+,24+,25+,26+,27-,28-,29-,30-/m1/s1. The van der Waals surface area contributed by atoms with Gasteiger partial charge in [0, 0.05) is 24.2 Å². The molecule has 6 rings (SSSR count). The maximum absolute atomic E-state index is 10.3. The van der Waals surface area contributed by atoms with Crippen molar-refractivity contribution in [2.75, 3.05) is 0 Å². The first-order valence-electron chi connectivity index (χ1n) is 15.3. The molecule has 12 N–H and O–H groups in total. The van der Waals surface area contributed by atoms with E-state index in [0.717, 1.165) is 11.4 Å². The van der Waals surface area contributed by atoms with Gasteiger partial charge in [0.05, 0.1) is 49.2 Å². The highest BCUT2D eigenvalue weighted by Gasteiger charge is 2.42. The van der Waals surface area contributed by atoms with E-state index in [1.807, 2.05) is 24.3 Å². The number of hydrogen-bond donors (Lipinski definition) is 8. The van der Waals surface area contributed by atoms with Crippen molar-refractivity contribution in [1.29, 1.82) is 0 Å². The zero-order chi connectivity index (χ0) is 33.2. The molecule has 0 unspecified atom stereocenters. The Morgan fingerprint density at radius 3 is 1.34 bits per heavy atom. The Kier molecular flexibility index (Phi) is 9.90. The fourth-order valence-electron chi connectivity index (χ4n) is 5.84. The topological polar surface area (TPSA) is 274 Å². The molecule has 2 aliphatic rings. The summed E-state index contributed by atoms with van der Waals surface area (Å²) < 4.78 is 20.7. The first kappa shape index (κ1) is 33.0. The third kappa shape index (κ3) is 7.34. The van der Waals surface area contributed by atoms with Crippen LogP contribution in [0.4, 0.5) is 0 Å². The number of aromatic nitrogens is 6. The summed E-state index contributed by atoms with van der Waals surface area (Å²) >= 11 is 0. The van der Waals surface area contributed by atoms with Crippen LogP contribution in [0.25, 0.3) is 11.4 Å². The Morgan fingerprint density at radius 1 is 0.574 bits per heavy atom. The molecule has 2 saturated carbocycles. The molecule has 0 bridgehead atoms. The highest BCUT2D eigenvalue weighted by molar-refractivity contribution is 5.41. The smallest absolute Gasteiger partial charge is 0.127 e. The second-order valence-corrected chi connectivity index (χ2v) is 12.0. The van der Waals surface area contributed by atoms with Gasteiger partial charge in [0.2, 0.25) is 0 Å². The molecule has 17 nitrogen and oxygen atoms in total. The van der Waals surface area contributed by atoms with Gasteiger partial charge in [-0.15, -0.1) is 10.2 Å². The van der Waals surface area contributed by atoms with Gasteiger partial charge in [-0.2, -0.15) is 0 Å². The summed E-state index contributed by atoms with van der Waals surface area (Å²) in [5.74, 6) is 1.22. The van der Waals surface area contributed by atoms with Crippen molar-refractivity contribution in [2.24, 2.45) is 22.9 Å². The van der Waals surface area contributed by atoms with E-state index in [4.69, 9.17) is 37.1 Å². The van der Waals surface area contributed by atoms with E-state index in [1.165, 1.54) is 0 Å². The van der Waals surface area contributed by atoms with Crippen LogP contribution < -0.4 is 27.7 Å². The molecule has 10 atom stereocenters. The van der Waals surface area contributed by atoms with Crippen LogP contribution in [0.1, 0.15) is 24.2 Å². The van der Waals surface area contributed by atoms with Crippen molar-refractivity contribution in [3.8, 4) is 22.9 Å². The van der Waals surface area contributed by atoms with Gasteiger partial charge in [-0.25, -0.2) is 9.36 Å². The molecular weight excluding hydrogens is 612 g/mol. The number of nitrogens with two attached hydrogens (primary N) is 4. The third-order valence-electron chi connectivity index (χ3n) is 8.55. The summed E-state index contributed by atoms with van der Waals surface area (Å²) in [4.78, 5) is 0. The number of hydrogen-bond acceptors (Lipinski definition) is 15. The SMILES string of the molecule is N[C@@H]1C[C@H](N)[C@@H](OCc2cn(-c3ccc(Oc4ccc(-n5cc(CO[C@H]6[C@H](O)[C@@H](O)[C@H](N)C[C@@H]6N)nn5)cc4)cc3)nn2)[C@H](O)[C@H]1O. The molecule has 0 aliphatic heterocycles. The lowest BCUT2D eigenvalue weighted by Crippen LogP contribution is -2.61. The van der Waals surface area contributed by atoms with Crippen LogP contribution in [0.5, 0.6) is 11.5 Å². The second-order valence-electron chi connectivity index (χ2n) is 12.0. The molecule has 2 heterocycles. The van der Waals surface area contributed by atoms with Gasteiger partial charge in [-0.05, 0) is 61.4 Å². The minimum absolute atomic E-state index is 0.0537. The lowest BCUT2D eigenvalue weighted by atomic mass is 9.85. The van der Waals surface area contributed by atoms with Crippen LogP contribution in [0.15, 0.2) is 60.9 Å². The molecular formula is C30H40N10O7. The number of ether oxygens (including phenoxy) is 3. The number of nitrogens with zero attached hydrogens (tertiary/aromatic N) is 6. The Bertz CT molecular complexity index is 1490. The van der Waals surface area contributed by atoms with Crippen LogP contribution in [0.3, 0.4) is 0 Å².